The molecule has 0 spiro atoms. The standard InChI is InChI=1S/C16H14ClN3O/c1-16(18,12-5-3-2-4-6-12)15-19-14(20-21-15)11-7-9-13(17)10-8-11/h2-10H,18H2,1H3. The highest BCUT2D eigenvalue weighted by atomic mass is 35.5. The largest absolute Gasteiger partial charge is 0.337 e. The quantitative estimate of drug-likeness (QED) is 0.802. The molecule has 1 atom stereocenters. The zero-order chi connectivity index (χ0) is 14.9. The summed E-state index contributed by atoms with van der Waals surface area (Å²) in [4.78, 5) is 4.41. The van der Waals surface area contributed by atoms with Gasteiger partial charge < -0.3 is 10.3 Å². The predicted octanol–water partition coefficient (Wildman–Crippen LogP) is 3.61. The lowest BCUT2D eigenvalue weighted by Crippen LogP contribution is -2.34. The summed E-state index contributed by atoms with van der Waals surface area (Å²) in [6.07, 6.45) is 0. The van der Waals surface area contributed by atoms with Crippen LogP contribution in [0.1, 0.15) is 18.4 Å². The third-order valence-electron chi connectivity index (χ3n) is 3.35. The molecule has 0 amide bonds. The lowest BCUT2D eigenvalue weighted by Gasteiger charge is -2.20. The van der Waals surface area contributed by atoms with Gasteiger partial charge in [0.15, 0.2) is 0 Å². The monoisotopic (exact) mass is 299 g/mol. The maximum Gasteiger partial charge on any atom is 0.251 e. The smallest absolute Gasteiger partial charge is 0.251 e. The third-order valence-corrected chi connectivity index (χ3v) is 3.60. The van der Waals surface area contributed by atoms with Crippen LogP contribution in [-0.2, 0) is 5.54 Å². The van der Waals surface area contributed by atoms with Crippen molar-refractivity contribution < 1.29 is 4.52 Å². The van der Waals surface area contributed by atoms with Crippen molar-refractivity contribution >= 4 is 11.6 Å². The van der Waals surface area contributed by atoms with E-state index in [-0.39, 0.29) is 0 Å². The molecular weight excluding hydrogens is 286 g/mol. The van der Waals surface area contributed by atoms with Crippen LogP contribution in [-0.4, -0.2) is 10.1 Å². The molecule has 0 saturated carbocycles. The van der Waals surface area contributed by atoms with Gasteiger partial charge in [-0.3, -0.25) is 0 Å². The average molecular weight is 300 g/mol. The van der Waals surface area contributed by atoms with Crippen LogP contribution in [0.5, 0.6) is 0 Å². The fraction of sp³-hybridized carbons (Fsp3) is 0.125. The number of hydrogen-bond acceptors (Lipinski definition) is 4. The number of hydrogen-bond donors (Lipinski definition) is 1. The normalized spacial score (nSPS) is 13.9. The summed E-state index contributed by atoms with van der Waals surface area (Å²) in [6, 6.07) is 16.9. The third kappa shape index (κ3) is 2.68. The van der Waals surface area contributed by atoms with Crippen molar-refractivity contribution in [2.75, 3.05) is 0 Å². The SMILES string of the molecule is CC(N)(c1ccccc1)c1nc(-c2ccc(Cl)cc2)no1. The van der Waals surface area contributed by atoms with Crippen LogP contribution in [0.3, 0.4) is 0 Å². The number of benzene rings is 2. The Hall–Kier alpha value is -2.17. The average Bonchev–Trinajstić information content (AvgIpc) is 2.99. The van der Waals surface area contributed by atoms with Crippen molar-refractivity contribution in [1.82, 2.24) is 10.1 Å². The Morgan fingerprint density at radius 1 is 1.05 bits per heavy atom. The highest BCUT2D eigenvalue weighted by molar-refractivity contribution is 6.30. The molecule has 0 radical (unpaired) electrons. The van der Waals surface area contributed by atoms with Gasteiger partial charge in [-0.25, -0.2) is 0 Å². The molecule has 5 heteroatoms. The first-order chi connectivity index (χ1) is 10.1. The number of halogens is 1. The lowest BCUT2D eigenvalue weighted by atomic mass is 9.93. The van der Waals surface area contributed by atoms with E-state index in [0.717, 1.165) is 11.1 Å². The van der Waals surface area contributed by atoms with Crippen molar-refractivity contribution in [3.05, 3.63) is 71.1 Å². The molecule has 21 heavy (non-hydrogen) atoms. The van der Waals surface area contributed by atoms with Gasteiger partial charge in [-0.2, -0.15) is 4.98 Å². The Bertz CT molecular complexity index is 736. The van der Waals surface area contributed by atoms with Crippen LogP contribution in [0.25, 0.3) is 11.4 Å². The maximum absolute atomic E-state index is 6.36. The zero-order valence-corrected chi connectivity index (χ0v) is 12.2. The predicted molar refractivity (Wildman–Crippen MR) is 81.8 cm³/mol. The van der Waals surface area contributed by atoms with Crippen LogP contribution < -0.4 is 5.73 Å². The van der Waals surface area contributed by atoms with E-state index in [0.29, 0.717) is 16.7 Å². The second kappa shape index (κ2) is 5.31. The molecular formula is C16H14ClN3O. The van der Waals surface area contributed by atoms with Crippen LogP contribution >= 0.6 is 11.6 Å². The van der Waals surface area contributed by atoms with Gasteiger partial charge >= 0.3 is 0 Å². The minimum absolute atomic E-state index is 0.374. The van der Waals surface area contributed by atoms with E-state index in [1.807, 2.05) is 49.4 Å². The Labute approximate surface area is 127 Å². The Morgan fingerprint density at radius 3 is 2.38 bits per heavy atom. The van der Waals surface area contributed by atoms with E-state index in [4.69, 9.17) is 21.9 Å². The molecule has 2 N–H and O–H groups in total. The molecule has 0 aliphatic rings. The Kier molecular flexibility index (Phi) is 3.49. The fourth-order valence-electron chi connectivity index (χ4n) is 2.06. The lowest BCUT2D eigenvalue weighted by molar-refractivity contribution is 0.325. The molecule has 4 nitrogen and oxygen atoms in total. The van der Waals surface area contributed by atoms with Crippen LogP contribution in [0.2, 0.25) is 5.02 Å². The topological polar surface area (TPSA) is 64.9 Å². The molecule has 1 unspecified atom stereocenters. The van der Waals surface area contributed by atoms with E-state index in [1.165, 1.54) is 0 Å². The van der Waals surface area contributed by atoms with E-state index in [2.05, 4.69) is 10.1 Å². The number of nitrogens with zero attached hydrogens (tertiary/aromatic N) is 2. The van der Waals surface area contributed by atoms with Gasteiger partial charge in [-0.1, -0.05) is 47.1 Å². The second-order valence-corrected chi connectivity index (χ2v) is 5.43. The summed E-state index contributed by atoms with van der Waals surface area (Å²) >= 11 is 5.87. The first kappa shape index (κ1) is 13.8. The van der Waals surface area contributed by atoms with Crippen LogP contribution in [0.4, 0.5) is 0 Å². The molecule has 3 rings (SSSR count). The highest BCUT2D eigenvalue weighted by Crippen LogP contribution is 2.27. The molecule has 0 bridgehead atoms. The first-order valence-electron chi connectivity index (χ1n) is 6.52. The molecule has 0 saturated heterocycles. The van der Waals surface area contributed by atoms with Gasteiger partial charge in [0.25, 0.3) is 5.89 Å². The molecule has 1 aromatic heterocycles. The summed E-state index contributed by atoms with van der Waals surface area (Å²) < 4.78 is 5.35. The van der Waals surface area contributed by atoms with Gasteiger partial charge in [-0.05, 0) is 36.8 Å². The summed E-state index contributed by atoms with van der Waals surface area (Å²) in [5.41, 5.74) is 7.27. The fourth-order valence-corrected chi connectivity index (χ4v) is 2.18. The zero-order valence-electron chi connectivity index (χ0n) is 11.5. The number of nitrogens with two attached hydrogens (primary N) is 1. The minimum Gasteiger partial charge on any atom is -0.337 e. The van der Waals surface area contributed by atoms with Crippen LogP contribution in [0, 0.1) is 0 Å². The number of rotatable bonds is 3. The molecule has 2 aromatic carbocycles. The van der Waals surface area contributed by atoms with Gasteiger partial charge in [0.2, 0.25) is 5.82 Å². The van der Waals surface area contributed by atoms with Gasteiger partial charge in [0.1, 0.15) is 5.54 Å². The molecule has 1 heterocycles. The highest BCUT2D eigenvalue weighted by Gasteiger charge is 2.30. The molecule has 0 aliphatic heterocycles. The summed E-state index contributed by atoms with van der Waals surface area (Å²) in [7, 11) is 0. The van der Waals surface area contributed by atoms with Crippen LogP contribution in [0.15, 0.2) is 59.1 Å². The molecule has 3 aromatic rings. The Morgan fingerprint density at radius 2 is 1.71 bits per heavy atom. The van der Waals surface area contributed by atoms with Gasteiger partial charge in [0, 0.05) is 10.6 Å². The van der Waals surface area contributed by atoms with E-state index in [1.54, 1.807) is 12.1 Å². The van der Waals surface area contributed by atoms with Crippen molar-refractivity contribution in [3.63, 3.8) is 0 Å². The maximum atomic E-state index is 6.36. The molecule has 0 aliphatic carbocycles. The van der Waals surface area contributed by atoms with Crippen molar-refractivity contribution in [3.8, 4) is 11.4 Å². The molecule has 106 valence electrons. The Balaban J connectivity index is 1.96. The minimum atomic E-state index is -0.834. The first-order valence-corrected chi connectivity index (χ1v) is 6.90. The second-order valence-electron chi connectivity index (χ2n) is 5.00. The summed E-state index contributed by atoms with van der Waals surface area (Å²) in [5.74, 6) is 0.868. The van der Waals surface area contributed by atoms with Crippen molar-refractivity contribution in [1.29, 1.82) is 0 Å². The van der Waals surface area contributed by atoms with E-state index >= 15 is 0 Å². The number of aromatic nitrogens is 2. The van der Waals surface area contributed by atoms with Crippen molar-refractivity contribution in [2.24, 2.45) is 5.73 Å². The molecule has 0 fully saturated rings. The van der Waals surface area contributed by atoms with Gasteiger partial charge in [-0.15, -0.1) is 0 Å². The van der Waals surface area contributed by atoms with E-state index in [9.17, 15) is 0 Å². The summed E-state index contributed by atoms with van der Waals surface area (Å²) in [6.45, 7) is 1.85. The summed E-state index contributed by atoms with van der Waals surface area (Å²) in [5, 5.41) is 4.66. The van der Waals surface area contributed by atoms with E-state index < -0.39 is 5.54 Å². The van der Waals surface area contributed by atoms with Gasteiger partial charge in [0.05, 0.1) is 0 Å². The van der Waals surface area contributed by atoms with Crippen molar-refractivity contribution in [2.45, 2.75) is 12.5 Å².